The van der Waals surface area contributed by atoms with E-state index < -0.39 is 12.1 Å². The molecule has 18 heavy (non-hydrogen) atoms. The number of hydrogen-bond acceptors (Lipinski definition) is 3. The van der Waals surface area contributed by atoms with Crippen LogP contribution in [0, 0.1) is 0 Å². The van der Waals surface area contributed by atoms with Gasteiger partial charge in [-0.2, -0.15) is 0 Å². The fraction of sp³-hybridized carbons (Fsp3) is 0.333. The largest absolute Gasteiger partial charge is 0.479 e. The summed E-state index contributed by atoms with van der Waals surface area (Å²) in [5, 5.41) is 9.34. The molecule has 6 heteroatoms. The van der Waals surface area contributed by atoms with Crippen molar-refractivity contribution in [1.82, 2.24) is 4.90 Å². The molecule has 0 aliphatic carbocycles. The minimum absolute atomic E-state index is 0.0562. The van der Waals surface area contributed by atoms with Crippen LogP contribution in [0.15, 0.2) is 24.3 Å². The van der Waals surface area contributed by atoms with Crippen molar-refractivity contribution in [3.05, 3.63) is 34.9 Å². The summed E-state index contributed by atoms with van der Waals surface area (Å²) in [4.78, 5) is 24.4. The predicted octanol–water partition coefficient (Wildman–Crippen LogP) is 1.27. The van der Waals surface area contributed by atoms with Gasteiger partial charge in [0.2, 0.25) is 0 Å². The molecule has 5 nitrogen and oxygen atoms in total. The van der Waals surface area contributed by atoms with Gasteiger partial charge < -0.3 is 14.7 Å². The third-order valence-corrected chi connectivity index (χ3v) is 2.94. The number of benzene rings is 1. The van der Waals surface area contributed by atoms with Crippen LogP contribution >= 0.6 is 11.6 Å². The van der Waals surface area contributed by atoms with Crippen LogP contribution in [0.25, 0.3) is 0 Å². The van der Waals surface area contributed by atoms with Crippen LogP contribution in [0.5, 0.6) is 0 Å². The Kier molecular flexibility index (Phi) is 3.84. The van der Waals surface area contributed by atoms with Gasteiger partial charge in [0, 0.05) is 17.1 Å². The lowest BCUT2D eigenvalue weighted by molar-refractivity contribution is -0.154. The molecule has 0 saturated carbocycles. The van der Waals surface area contributed by atoms with Crippen molar-refractivity contribution < 1.29 is 19.4 Å². The van der Waals surface area contributed by atoms with Crippen LogP contribution in [0.4, 0.5) is 0 Å². The van der Waals surface area contributed by atoms with E-state index in [0.717, 1.165) is 0 Å². The maximum atomic E-state index is 12.1. The lowest BCUT2D eigenvalue weighted by atomic mass is 10.1. The Balaban J connectivity index is 2.11. The number of amides is 1. The Morgan fingerprint density at radius 2 is 2.22 bits per heavy atom. The van der Waals surface area contributed by atoms with Crippen LogP contribution in [-0.4, -0.2) is 47.7 Å². The van der Waals surface area contributed by atoms with Crippen molar-refractivity contribution in [1.29, 1.82) is 0 Å². The average molecular weight is 270 g/mol. The van der Waals surface area contributed by atoms with E-state index >= 15 is 0 Å². The monoisotopic (exact) mass is 269 g/mol. The van der Waals surface area contributed by atoms with E-state index in [1.54, 1.807) is 24.3 Å². The van der Waals surface area contributed by atoms with E-state index in [4.69, 9.17) is 21.4 Å². The highest BCUT2D eigenvalue weighted by molar-refractivity contribution is 6.30. The number of nitrogens with zero attached hydrogens (tertiary/aromatic N) is 1. The van der Waals surface area contributed by atoms with Crippen molar-refractivity contribution in [3.8, 4) is 0 Å². The number of morpholine rings is 1. The summed E-state index contributed by atoms with van der Waals surface area (Å²) in [6.07, 6.45) is -0.957. The lowest BCUT2D eigenvalue weighted by Gasteiger charge is -2.30. The molecule has 96 valence electrons. The maximum Gasteiger partial charge on any atom is 0.334 e. The zero-order chi connectivity index (χ0) is 13.1. The number of aliphatic carboxylic acids is 1. The normalized spacial score (nSPS) is 19.6. The summed E-state index contributed by atoms with van der Waals surface area (Å²) in [6, 6.07) is 6.58. The number of carbonyl (C=O) groups is 2. The van der Waals surface area contributed by atoms with E-state index in [1.165, 1.54) is 4.90 Å². The van der Waals surface area contributed by atoms with E-state index in [1.807, 2.05) is 0 Å². The highest BCUT2D eigenvalue weighted by atomic mass is 35.5. The van der Waals surface area contributed by atoms with Crippen LogP contribution in [0.2, 0.25) is 5.02 Å². The van der Waals surface area contributed by atoms with Gasteiger partial charge >= 0.3 is 5.97 Å². The summed E-state index contributed by atoms with van der Waals surface area (Å²) in [5.74, 6) is -1.29. The van der Waals surface area contributed by atoms with E-state index in [2.05, 4.69) is 0 Å². The molecule has 0 spiro atoms. The average Bonchev–Trinajstić information content (AvgIpc) is 2.38. The van der Waals surface area contributed by atoms with Gasteiger partial charge in [0.1, 0.15) is 0 Å². The summed E-state index contributed by atoms with van der Waals surface area (Å²) in [6.45, 7) is 0.666. The van der Waals surface area contributed by atoms with Gasteiger partial charge in [-0.25, -0.2) is 4.79 Å². The number of halogens is 1. The third kappa shape index (κ3) is 2.80. The minimum atomic E-state index is -1.06. The SMILES string of the molecule is O=C(O)[C@H]1CN(C(=O)c2cccc(Cl)c2)CCO1. The number of ether oxygens (including phenoxy) is 1. The molecular formula is C12H12ClNO4. The van der Waals surface area contributed by atoms with Crippen LogP contribution < -0.4 is 0 Å². The Morgan fingerprint density at radius 3 is 2.89 bits per heavy atom. The molecule has 1 aromatic rings. The Hall–Kier alpha value is -1.59. The van der Waals surface area contributed by atoms with Gasteiger partial charge in [-0.3, -0.25) is 4.79 Å². The van der Waals surface area contributed by atoms with Crippen LogP contribution in [-0.2, 0) is 9.53 Å². The number of hydrogen-bond donors (Lipinski definition) is 1. The van der Waals surface area contributed by atoms with Crippen molar-refractivity contribution in [2.45, 2.75) is 6.10 Å². The third-order valence-electron chi connectivity index (χ3n) is 2.70. The number of rotatable bonds is 2. The van der Waals surface area contributed by atoms with Crippen molar-refractivity contribution in [3.63, 3.8) is 0 Å². The van der Waals surface area contributed by atoms with Gasteiger partial charge in [0.15, 0.2) is 6.10 Å². The number of carboxylic acids is 1. The van der Waals surface area contributed by atoms with Gasteiger partial charge in [-0.1, -0.05) is 17.7 Å². The molecule has 1 N–H and O–H groups in total. The zero-order valence-electron chi connectivity index (χ0n) is 9.51. The molecule has 0 radical (unpaired) electrons. The zero-order valence-corrected chi connectivity index (χ0v) is 10.3. The first-order valence-electron chi connectivity index (χ1n) is 5.47. The van der Waals surface area contributed by atoms with Gasteiger partial charge in [-0.05, 0) is 18.2 Å². The quantitative estimate of drug-likeness (QED) is 0.878. The molecule has 2 rings (SSSR count). The second kappa shape index (κ2) is 5.37. The molecule has 1 aliphatic heterocycles. The van der Waals surface area contributed by atoms with Crippen molar-refractivity contribution in [2.75, 3.05) is 19.7 Å². The Labute approximate surface area is 109 Å². The summed E-state index contributed by atoms with van der Waals surface area (Å²) in [7, 11) is 0. The molecule has 1 amide bonds. The number of carbonyl (C=O) groups excluding carboxylic acids is 1. The summed E-state index contributed by atoms with van der Waals surface area (Å²) >= 11 is 5.82. The molecule has 1 saturated heterocycles. The first-order chi connectivity index (χ1) is 8.58. The van der Waals surface area contributed by atoms with E-state index in [0.29, 0.717) is 17.1 Å². The van der Waals surface area contributed by atoms with Gasteiger partial charge in [-0.15, -0.1) is 0 Å². The molecule has 1 aliphatic rings. The first-order valence-corrected chi connectivity index (χ1v) is 5.85. The molecule has 1 aromatic carbocycles. The second-order valence-corrected chi connectivity index (χ2v) is 4.40. The standard InChI is InChI=1S/C12H12ClNO4/c13-9-3-1-2-8(6-9)11(15)14-4-5-18-10(7-14)12(16)17/h1-3,6,10H,4-5,7H2,(H,16,17)/t10-/m1/s1. The molecule has 0 bridgehead atoms. The number of carboxylic acid groups (broad SMARTS) is 1. The van der Waals surface area contributed by atoms with Crippen molar-refractivity contribution in [2.24, 2.45) is 0 Å². The summed E-state index contributed by atoms with van der Waals surface area (Å²) < 4.78 is 5.06. The van der Waals surface area contributed by atoms with Crippen LogP contribution in [0.3, 0.4) is 0 Å². The minimum Gasteiger partial charge on any atom is -0.479 e. The summed E-state index contributed by atoms with van der Waals surface area (Å²) in [5.41, 5.74) is 0.452. The van der Waals surface area contributed by atoms with E-state index in [9.17, 15) is 9.59 Å². The fourth-order valence-corrected chi connectivity index (χ4v) is 1.98. The van der Waals surface area contributed by atoms with Gasteiger partial charge in [0.05, 0.1) is 13.2 Å². The highest BCUT2D eigenvalue weighted by Crippen LogP contribution is 2.15. The molecule has 0 aromatic heterocycles. The predicted molar refractivity (Wildman–Crippen MR) is 64.7 cm³/mol. The Morgan fingerprint density at radius 1 is 1.44 bits per heavy atom. The first kappa shape index (κ1) is 12.9. The van der Waals surface area contributed by atoms with E-state index in [-0.39, 0.29) is 19.1 Å². The molecule has 1 fully saturated rings. The topological polar surface area (TPSA) is 66.8 Å². The molecule has 0 unspecified atom stereocenters. The smallest absolute Gasteiger partial charge is 0.334 e. The molecular weight excluding hydrogens is 258 g/mol. The second-order valence-electron chi connectivity index (χ2n) is 3.96. The fourth-order valence-electron chi connectivity index (χ4n) is 1.79. The highest BCUT2D eigenvalue weighted by Gasteiger charge is 2.29. The van der Waals surface area contributed by atoms with Crippen LogP contribution in [0.1, 0.15) is 10.4 Å². The lowest BCUT2D eigenvalue weighted by Crippen LogP contribution is -2.48. The van der Waals surface area contributed by atoms with Gasteiger partial charge in [0.25, 0.3) is 5.91 Å². The maximum absolute atomic E-state index is 12.1. The van der Waals surface area contributed by atoms with Crippen molar-refractivity contribution >= 4 is 23.5 Å². The Bertz CT molecular complexity index is 477. The molecule has 1 heterocycles. The molecule has 1 atom stereocenters.